The molecule has 0 spiro atoms. The summed E-state index contributed by atoms with van der Waals surface area (Å²) in [5.74, 6) is -0.634. The normalized spacial score (nSPS) is 11.9. The Morgan fingerprint density at radius 1 is 1.29 bits per heavy atom. The van der Waals surface area contributed by atoms with Crippen LogP contribution in [0, 0.1) is 0 Å². The molecule has 1 atom stereocenters. The van der Waals surface area contributed by atoms with Gasteiger partial charge in [0.05, 0.1) is 5.69 Å². The molecule has 0 radical (unpaired) electrons. The zero-order valence-corrected chi connectivity index (χ0v) is 11.9. The number of nitrogens with two attached hydrogens (primary N) is 1. The third-order valence-corrected chi connectivity index (χ3v) is 3.24. The van der Waals surface area contributed by atoms with E-state index < -0.39 is 5.97 Å². The van der Waals surface area contributed by atoms with Crippen LogP contribution < -0.4 is 11.1 Å². The Labute approximate surface area is 123 Å². The van der Waals surface area contributed by atoms with Crippen molar-refractivity contribution in [2.45, 2.75) is 25.8 Å². The molecule has 0 saturated carbocycles. The molecule has 0 bridgehead atoms. The van der Waals surface area contributed by atoms with Crippen molar-refractivity contribution in [3.63, 3.8) is 0 Å². The molecule has 0 aliphatic heterocycles. The Kier molecular flexibility index (Phi) is 4.77. The minimum atomic E-state index is -1.06. The van der Waals surface area contributed by atoms with Gasteiger partial charge in [-0.15, -0.1) is 0 Å². The van der Waals surface area contributed by atoms with Crippen LogP contribution >= 0.6 is 0 Å². The highest BCUT2D eigenvalue weighted by molar-refractivity contribution is 5.86. The van der Waals surface area contributed by atoms with Gasteiger partial charge >= 0.3 is 5.97 Å². The number of carbonyl (C=O) groups is 1. The van der Waals surface area contributed by atoms with Gasteiger partial charge in [-0.1, -0.05) is 30.3 Å². The second kappa shape index (κ2) is 6.74. The maximum atomic E-state index is 10.9. The molecule has 5 nitrogen and oxygen atoms in total. The van der Waals surface area contributed by atoms with Crippen molar-refractivity contribution in [3.8, 4) is 0 Å². The van der Waals surface area contributed by atoms with Crippen molar-refractivity contribution < 1.29 is 9.90 Å². The minimum Gasteiger partial charge on any atom is -0.477 e. The average Bonchev–Trinajstić information content (AvgIpc) is 2.48. The molecule has 21 heavy (non-hydrogen) atoms. The smallest absolute Gasteiger partial charge is 0.354 e. The topological polar surface area (TPSA) is 88.2 Å². The minimum absolute atomic E-state index is 0.0121. The summed E-state index contributed by atoms with van der Waals surface area (Å²) < 4.78 is 0. The lowest BCUT2D eigenvalue weighted by molar-refractivity contribution is 0.0690. The van der Waals surface area contributed by atoms with Crippen molar-refractivity contribution >= 4 is 17.5 Å². The van der Waals surface area contributed by atoms with Crippen LogP contribution in [0.5, 0.6) is 0 Å². The fourth-order valence-corrected chi connectivity index (χ4v) is 2.04. The number of carboxylic acid groups (broad SMARTS) is 1. The Morgan fingerprint density at radius 2 is 2.00 bits per heavy atom. The molecule has 1 heterocycles. The van der Waals surface area contributed by atoms with Gasteiger partial charge in [0.2, 0.25) is 0 Å². The van der Waals surface area contributed by atoms with E-state index >= 15 is 0 Å². The van der Waals surface area contributed by atoms with E-state index in [-0.39, 0.29) is 11.7 Å². The van der Waals surface area contributed by atoms with E-state index in [1.807, 2.05) is 25.1 Å². The maximum Gasteiger partial charge on any atom is 0.354 e. The van der Waals surface area contributed by atoms with Gasteiger partial charge in [-0.2, -0.15) is 0 Å². The fourth-order valence-electron chi connectivity index (χ4n) is 2.04. The highest BCUT2D eigenvalue weighted by Crippen LogP contribution is 2.18. The summed E-state index contributed by atoms with van der Waals surface area (Å²) in [6, 6.07) is 13.3. The summed E-state index contributed by atoms with van der Waals surface area (Å²) in [7, 11) is 0. The molecule has 2 aromatic rings. The van der Waals surface area contributed by atoms with E-state index in [4.69, 9.17) is 10.8 Å². The average molecular weight is 285 g/mol. The highest BCUT2D eigenvalue weighted by Gasteiger charge is 2.11. The van der Waals surface area contributed by atoms with E-state index in [0.29, 0.717) is 11.5 Å². The Bertz CT molecular complexity index is 614. The molecule has 2 rings (SSSR count). The van der Waals surface area contributed by atoms with Gasteiger partial charge in [-0.3, -0.25) is 0 Å². The number of pyridine rings is 1. The maximum absolute atomic E-state index is 10.9. The Hall–Kier alpha value is -2.56. The standard InChI is InChI=1S/C16H19N3O2/c1-11(7-8-12-5-3-2-4-6-12)18-15-13(17)9-10-14(19-15)16(20)21/h2-6,9-11H,7-8,17H2,1H3,(H,18,19)(H,20,21). The largest absolute Gasteiger partial charge is 0.477 e. The van der Waals surface area contributed by atoms with Crippen LogP contribution in [0.4, 0.5) is 11.5 Å². The summed E-state index contributed by atoms with van der Waals surface area (Å²) >= 11 is 0. The second-order valence-electron chi connectivity index (χ2n) is 5.01. The first kappa shape index (κ1) is 14.8. The zero-order chi connectivity index (χ0) is 15.2. The lowest BCUT2D eigenvalue weighted by atomic mass is 10.1. The molecule has 4 N–H and O–H groups in total. The molecule has 0 fully saturated rings. The van der Waals surface area contributed by atoms with Crippen molar-refractivity contribution in [1.82, 2.24) is 4.98 Å². The third-order valence-electron chi connectivity index (χ3n) is 3.24. The number of aryl methyl sites for hydroxylation is 1. The van der Waals surface area contributed by atoms with Crippen molar-refractivity contribution in [2.24, 2.45) is 0 Å². The van der Waals surface area contributed by atoms with Crippen molar-refractivity contribution in [1.29, 1.82) is 0 Å². The van der Waals surface area contributed by atoms with E-state index in [1.54, 1.807) is 6.07 Å². The van der Waals surface area contributed by atoms with Gasteiger partial charge in [-0.25, -0.2) is 9.78 Å². The molecule has 5 heteroatoms. The first-order chi connectivity index (χ1) is 10.1. The first-order valence-electron chi connectivity index (χ1n) is 6.86. The molecule has 0 amide bonds. The highest BCUT2D eigenvalue weighted by atomic mass is 16.4. The lowest BCUT2D eigenvalue weighted by Gasteiger charge is -2.16. The number of anilines is 2. The zero-order valence-electron chi connectivity index (χ0n) is 11.9. The number of hydrogen-bond acceptors (Lipinski definition) is 4. The summed E-state index contributed by atoms with van der Waals surface area (Å²) in [5, 5.41) is 12.1. The van der Waals surface area contributed by atoms with E-state index in [1.165, 1.54) is 11.6 Å². The van der Waals surface area contributed by atoms with Gasteiger partial charge in [0.1, 0.15) is 5.82 Å². The number of aromatic nitrogens is 1. The molecule has 0 aliphatic carbocycles. The van der Waals surface area contributed by atoms with Crippen LogP contribution in [0.15, 0.2) is 42.5 Å². The number of nitrogen functional groups attached to an aromatic ring is 1. The predicted molar refractivity (Wildman–Crippen MR) is 83.5 cm³/mol. The van der Waals surface area contributed by atoms with E-state index in [2.05, 4.69) is 22.4 Å². The molecular weight excluding hydrogens is 266 g/mol. The fraction of sp³-hybridized carbons (Fsp3) is 0.250. The van der Waals surface area contributed by atoms with E-state index in [0.717, 1.165) is 12.8 Å². The number of carboxylic acids is 1. The molecule has 1 aromatic carbocycles. The van der Waals surface area contributed by atoms with Crippen molar-refractivity contribution in [3.05, 3.63) is 53.7 Å². The summed E-state index contributed by atoms with van der Waals surface area (Å²) in [5.41, 5.74) is 7.54. The monoisotopic (exact) mass is 285 g/mol. The molecule has 0 saturated heterocycles. The van der Waals surface area contributed by atoms with Crippen LogP contribution in [0.25, 0.3) is 0 Å². The quantitative estimate of drug-likeness (QED) is 0.759. The summed E-state index contributed by atoms with van der Waals surface area (Å²) in [6.45, 7) is 2.03. The van der Waals surface area contributed by atoms with Crippen LogP contribution in [0.2, 0.25) is 0 Å². The number of hydrogen-bond donors (Lipinski definition) is 3. The molecule has 1 unspecified atom stereocenters. The van der Waals surface area contributed by atoms with Gasteiger partial charge < -0.3 is 16.2 Å². The number of nitrogens with one attached hydrogen (secondary N) is 1. The molecule has 1 aromatic heterocycles. The summed E-state index contributed by atoms with van der Waals surface area (Å²) in [6.07, 6.45) is 1.84. The van der Waals surface area contributed by atoms with E-state index in [9.17, 15) is 4.79 Å². The van der Waals surface area contributed by atoms with Gasteiger partial charge in [0.25, 0.3) is 0 Å². The predicted octanol–water partition coefficient (Wildman–Crippen LogP) is 2.80. The SMILES string of the molecule is CC(CCc1ccccc1)Nc1nc(C(=O)O)ccc1N. The molecule has 0 aliphatic rings. The number of rotatable bonds is 6. The molecule has 110 valence electrons. The van der Waals surface area contributed by atoms with Gasteiger partial charge in [0.15, 0.2) is 5.69 Å². The Morgan fingerprint density at radius 3 is 2.67 bits per heavy atom. The molecular formula is C16H19N3O2. The summed E-state index contributed by atoms with van der Waals surface area (Å²) in [4.78, 5) is 15.0. The second-order valence-corrected chi connectivity index (χ2v) is 5.01. The number of aromatic carboxylic acids is 1. The van der Waals surface area contributed by atoms with Crippen LogP contribution in [-0.2, 0) is 6.42 Å². The first-order valence-corrected chi connectivity index (χ1v) is 6.86. The lowest BCUT2D eigenvalue weighted by Crippen LogP contribution is -2.19. The number of nitrogens with zero attached hydrogens (tertiary/aromatic N) is 1. The van der Waals surface area contributed by atoms with Crippen LogP contribution in [0.1, 0.15) is 29.4 Å². The Balaban J connectivity index is 1.97. The van der Waals surface area contributed by atoms with Gasteiger partial charge in [0, 0.05) is 6.04 Å². The van der Waals surface area contributed by atoms with Crippen LogP contribution in [-0.4, -0.2) is 22.1 Å². The third kappa shape index (κ3) is 4.21. The van der Waals surface area contributed by atoms with Crippen LogP contribution in [0.3, 0.4) is 0 Å². The van der Waals surface area contributed by atoms with Gasteiger partial charge in [-0.05, 0) is 37.5 Å². The number of benzene rings is 1. The van der Waals surface area contributed by atoms with Crippen molar-refractivity contribution in [2.75, 3.05) is 11.1 Å².